The molecule has 1 aliphatic carbocycles. The lowest BCUT2D eigenvalue weighted by atomic mass is 9.81. The van der Waals surface area contributed by atoms with Crippen molar-refractivity contribution >= 4 is 11.9 Å². The van der Waals surface area contributed by atoms with Gasteiger partial charge in [-0.25, -0.2) is 0 Å². The van der Waals surface area contributed by atoms with E-state index in [0.29, 0.717) is 12.8 Å². The highest BCUT2D eigenvalue weighted by molar-refractivity contribution is 5.84. The number of carboxylic acids is 1. The molecule has 0 amide bonds. The van der Waals surface area contributed by atoms with Gasteiger partial charge >= 0.3 is 11.9 Å². The van der Waals surface area contributed by atoms with E-state index in [1.54, 1.807) is 33.3 Å². The normalized spacial score (nSPS) is 17.0. The third-order valence-corrected chi connectivity index (χ3v) is 3.25. The van der Waals surface area contributed by atoms with Crippen LogP contribution >= 0.6 is 0 Å². The second-order valence-corrected chi connectivity index (χ2v) is 6.12. The molecule has 0 atom stereocenters. The fraction of sp³-hybridized carbons (Fsp3) is 0.571. The minimum atomic E-state index is -1.09. The Morgan fingerprint density at radius 2 is 1.84 bits per heavy atom. The first-order chi connectivity index (χ1) is 8.72. The maximum atomic E-state index is 11.9. The quantitative estimate of drug-likeness (QED) is 0.848. The SMILES string of the molecule is CC(C)(C)OC(=O)CC1(C(=O)O)Cc2cocc2C1. The van der Waals surface area contributed by atoms with Gasteiger partial charge in [0.1, 0.15) is 5.60 Å². The van der Waals surface area contributed by atoms with Crippen molar-refractivity contribution in [2.24, 2.45) is 5.41 Å². The Labute approximate surface area is 111 Å². The molecule has 0 saturated carbocycles. The predicted molar refractivity (Wildman–Crippen MR) is 66.6 cm³/mol. The van der Waals surface area contributed by atoms with Crippen LogP contribution in [0.15, 0.2) is 16.9 Å². The van der Waals surface area contributed by atoms with Crippen LogP contribution in [-0.2, 0) is 27.2 Å². The third kappa shape index (κ3) is 2.80. The summed E-state index contributed by atoms with van der Waals surface area (Å²) < 4.78 is 10.3. The van der Waals surface area contributed by atoms with Gasteiger partial charge in [0.25, 0.3) is 0 Å². The molecule has 0 saturated heterocycles. The molecule has 1 heterocycles. The molecule has 5 heteroatoms. The molecule has 19 heavy (non-hydrogen) atoms. The van der Waals surface area contributed by atoms with E-state index in [2.05, 4.69) is 0 Å². The Bertz CT molecular complexity index is 486. The third-order valence-electron chi connectivity index (χ3n) is 3.25. The Kier molecular flexibility index (Phi) is 3.16. The highest BCUT2D eigenvalue weighted by atomic mass is 16.6. The van der Waals surface area contributed by atoms with Gasteiger partial charge in [-0.1, -0.05) is 0 Å². The summed E-state index contributed by atoms with van der Waals surface area (Å²) in [6, 6.07) is 0. The van der Waals surface area contributed by atoms with E-state index in [-0.39, 0.29) is 6.42 Å². The number of aliphatic carboxylic acids is 1. The van der Waals surface area contributed by atoms with E-state index in [4.69, 9.17) is 9.15 Å². The first-order valence-electron chi connectivity index (χ1n) is 6.21. The van der Waals surface area contributed by atoms with Crippen molar-refractivity contribution in [3.63, 3.8) is 0 Å². The number of rotatable bonds is 3. The second-order valence-electron chi connectivity index (χ2n) is 6.12. The monoisotopic (exact) mass is 266 g/mol. The Morgan fingerprint density at radius 3 is 2.26 bits per heavy atom. The molecule has 1 N–H and O–H groups in total. The summed E-state index contributed by atoms with van der Waals surface area (Å²) in [6.07, 6.45) is 3.61. The summed E-state index contributed by atoms with van der Waals surface area (Å²) in [5, 5.41) is 9.46. The number of hydrogen-bond donors (Lipinski definition) is 1. The summed E-state index contributed by atoms with van der Waals surface area (Å²) >= 11 is 0. The predicted octanol–water partition coefficient (Wildman–Crippen LogP) is 2.18. The van der Waals surface area contributed by atoms with Crippen LogP contribution in [0.25, 0.3) is 0 Å². The summed E-state index contributed by atoms with van der Waals surface area (Å²) in [7, 11) is 0. The number of ether oxygens (including phenoxy) is 1. The van der Waals surface area contributed by atoms with E-state index in [1.165, 1.54) is 0 Å². The average molecular weight is 266 g/mol. The Morgan fingerprint density at radius 1 is 1.32 bits per heavy atom. The molecule has 0 aliphatic heterocycles. The second kappa shape index (κ2) is 4.40. The fourth-order valence-electron chi connectivity index (χ4n) is 2.46. The van der Waals surface area contributed by atoms with E-state index >= 15 is 0 Å². The van der Waals surface area contributed by atoms with Crippen LogP contribution in [0, 0.1) is 5.41 Å². The lowest BCUT2D eigenvalue weighted by molar-refractivity contribution is -0.164. The maximum absolute atomic E-state index is 11.9. The standard InChI is InChI=1S/C14H18O5/c1-13(2,3)19-11(15)6-14(12(16)17)4-9-7-18-8-10(9)5-14/h7-8H,4-6H2,1-3H3,(H,16,17). The van der Waals surface area contributed by atoms with E-state index in [9.17, 15) is 14.7 Å². The molecule has 1 aromatic rings. The number of fused-ring (bicyclic) bond motifs is 1. The summed E-state index contributed by atoms with van der Waals surface area (Å²) in [5.41, 5.74) is 0.0355. The van der Waals surface area contributed by atoms with Gasteiger partial charge < -0.3 is 14.3 Å². The van der Waals surface area contributed by atoms with Crippen LogP contribution in [0.3, 0.4) is 0 Å². The number of furan rings is 1. The zero-order valence-electron chi connectivity index (χ0n) is 11.4. The zero-order chi connectivity index (χ0) is 14.3. The van der Waals surface area contributed by atoms with E-state index in [0.717, 1.165) is 11.1 Å². The molecule has 0 bridgehead atoms. The average Bonchev–Trinajstić information content (AvgIpc) is 2.72. The van der Waals surface area contributed by atoms with Gasteiger partial charge in [0, 0.05) is 0 Å². The van der Waals surface area contributed by atoms with E-state index in [1.807, 2.05) is 0 Å². The minimum absolute atomic E-state index is 0.117. The van der Waals surface area contributed by atoms with Crippen molar-refractivity contribution in [2.45, 2.75) is 45.6 Å². The van der Waals surface area contributed by atoms with Crippen LogP contribution in [0.4, 0.5) is 0 Å². The molecular formula is C14H18O5. The van der Waals surface area contributed by atoms with Crippen LogP contribution in [0.1, 0.15) is 38.3 Å². The molecule has 104 valence electrons. The van der Waals surface area contributed by atoms with Gasteiger partial charge in [-0.15, -0.1) is 0 Å². The number of carbonyl (C=O) groups is 2. The van der Waals surface area contributed by atoms with Gasteiger partial charge in [-0.3, -0.25) is 9.59 Å². The van der Waals surface area contributed by atoms with Crippen molar-refractivity contribution in [3.05, 3.63) is 23.7 Å². The van der Waals surface area contributed by atoms with Gasteiger partial charge in [-0.05, 0) is 44.7 Å². The maximum Gasteiger partial charge on any atom is 0.310 e. The van der Waals surface area contributed by atoms with Crippen molar-refractivity contribution in [1.82, 2.24) is 0 Å². The van der Waals surface area contributed by atoms with Crippen molar-refractivity contribution in [3.8, 4) is 0 Å². The van der Waals surface area contributed by atoms with Crippen LogP contribution in [0.2, 0.25) is 0 Å². The molecule has 1 aromatic heterocycles. The smallest absolute Gasteiger partial charge is 0.310 e. The highest BCUT2D eigenvalue weighted by Crippen LogP contribution is 2.41. The van der Waals surface area contributed by atoms with Gasteiger partial charge in [0.15, 0.2) is 0 Å². The fourth-order valence-corrected chi connectivity index (χ4v) is 2.46. The van der Waals surface area contributed by atoms with Crippen molar-refractivity contribution in [1.29, 1.82) is 0 Å². The summed E-state index contributed by atoms with van der Waals surface area (Å²) in [6.45, 7) is 5.29. The van der Waals surface area contributed by atoms with Crippen molar-refractivity contribution in [2.75, 3.05) is 0 Å². The minimum Gasteiger partial charge on any atom is -0.481 e. The summed E-state index contributed by atoms with van der Waals surface area (Å²) in [4.78, 5) is 23.4. The number of carboxylic acid groups (broad SMARTS) is 1. The highest BCUT2D eigenvalue weighted by Gasteiger charge is 2.47. The molecule has 0 fully saturated rings. The first-order valence-corrected chi connectivity index (χ1v) is 6.21. The Hall–Kier alpha value is -1.78. The Balaban J connectivity index is 2.13. The number of esters is 1. The van der Waals surface area contributed by atoms with Gasteiger partial charge in [0.05, 0.1) is 24.4 Å². The lowest BCUT2D eigenvalue weighted by Crippen LogP contribution is -2.37. The largest absolute Gasteiger partial charge is 0.481 e. The zero-order valence-corrected chi connectivity index (χ0v) is 11.4. The molecular weight excluding hydrogens is 248 g/mol. The molecule has 2 rings (SSSR count). The molecule has 0 aromatic carbocycles. The summed E-state index contributed by atoms with van der Waals surface area (Å²) in [5.74, 6) is -1.44. The molecule has 0 unspecified atom stereocenters. The molecule has 5 nitrogen and oxygen atoms in total. The molecule has 1 aliphatic rings. The van der Waals surface area contributed by atoms with Gasteiger partial charge in [-0.2, -0.15) is 0 Å². The first kappa shape index (κ1) is 13.6. The van der Waals surface area contributed by atoms with Crippen molar-refractivity contribution < 1.29 is 23.8 Å². The number of hydrogen-bond acceptors (Lipinski definition) is 4. The topological polar surface area (TPSA) is 76.7 Å². The molecule has 0 spiro atoms. The van der Waals surface area contributed by atoms with E-state index < -0.39 is 23.0 Å². The van der Waals surface area contributed by atoms with Gasteiger partial charge in [0.2, 0.25) is 0 Å². The lowest BCUT2D eigenvalue weighted by Gasteiger charge is -2.26. The molecule has 0 radical (unpaired) electrons. The van der Waals surface area contributed by atoms with Crippen LogP contribution in [-0.4, -0.2) is 22.6 Å². The van der Waals surface area contributed by atoms with Crippen LogP contribution < -0.4 is 0 Å². The van der Waals surface area contributed by atoms with Crippen LogP contribution in [0.5, 0.6) is 0 Å². The number of carbonyl (C=O) groups excluding carboxylic acids is 1.